The first kappa shape index (κ1) is 12.9. The Balaban J connectivity index is 2.17. The minimum Gasteiger partial charge on any atom is -0.261 e. The highest BCUT2D eigenvalue weighted by atomic mass is 15.3. The SMILES string of the molecule is CC(C)(C)c1c[nH][n+](CC(C)(C)n2cccn2)c1. The molecule has 0 aromatic carbocycles. The van der Waals surface area contributed by atoms with E-state index in [2.05, 4.69) is 61.9 Å². The molecule has 98 valence electrons. The van der Waals surface area contributed by atoms with E-state index < -0.39 is 0 Å². The molecular formula is C14H23N4+. The Kier molecular flexibility index (Phi) is 3.05. The number of rotatable bonds is 3. The van der Waals surface area contributed by atoms with Crippen LogP contribution >= 0.6 is 0 Å². The van der Waals surface area contributed by atoms with Crippen molar-refractivity contribution in [2.24, 2.45) is 0 Å². The first-order valence-electron chi connectivity index (χ1n) is 6.37. The zero-order valence-electron chi connectivity index (χ0n) is 11.9. The lowest BCUT2D eigenvalue weighted by molar-refractivity contribution is -0.759. The van der Waals surface area contributed by atoms with E-state index in [0.717, 1.165) is 6.54 Å². The van der Waals surface area contributed by atoms with Crippen molar-refractivity contribution in [1.82, 2.24) is 14.9 Å². The fraction of sp³-hybridized carbons (Fsp3) is 0.571. The van der Waals surface area contributed by atoms with Crippen LogP contribution in [0.1, 0.15) is 40.2 Å². The summed E-state index contributed by atoms with van der Waals surface area (Å²) in [5.41, 5.74) is 1.45. The maximum Gasteiger partial charge on any atom is 0.199 e. The van der Waals surface area contributed by atoms with Crippen LogP contribution in [0.2, 0.25) is 0 Å². The molecule has 0 amide bonds. The third-order valence-electron chi connectivity index (χ3n) is 3.23. The molecule has 0 fully saturated rings. The predicted octanol–water partition coefficient (Wildman–Crippen LogP) is 2.23. The van der Waals surface area contributed by atoms with E-state index in [0.29, 0.717) is 0 Å². The topological polar surface area (TPSA) is 37.5 Å². The number of nitrogens with zero attached hydrogens (tertiary/aromatic N) is 3. The zero-order chi connectivity index (χ0) is 13.4. The van der Waals surface area contributed by atoms with E-state index in [9.17, 15) is 0 Å². The normalized spacial score (nSPS) is 12.9. The molecular weight excluding hydrogens is 224 g/mol. The molecule has 0 atom stereocenters. The largest absolute Gasteiger partial charge is 0.261 e. The third kappa shape index (κ3) is 2.63. The van der Waals surface area contributed by atoms with Gasteiger partial charge in [-0.15, -0.1) is 4.68 Å². The van der Waals surface area contributed by atoms with Crippen molar-refractivity contribution in [2.75, 3.05) is 0 Å². The van der Waals surface area contributed by atoms with Crippen LogP contribution < -0.4 is 4.68 Å². The first-order chi connectivity index (χ1) is 8.29. The molecule has 0 saturated heterocycles. The second-order valence-electron chi connectivity index (χ2n) is 6.50. The van der Waals surface area contributed by atoms with Gasteiger partial charge >= 0.3 is 0 Å². The maximum atomic E-state index is 4.33. The van der Waals surface area contributed by atoms with Gasteiger partial charge in [-0.2, -0.15) is 10.2 Å². The van der Waals surface area contributed by atoms with Crippen LogP contribution in [0, 0.1) is 0 Å². The van der Waals surface area contributed by atoms with E-state index in [1.807, 2.05) is 23.1 Å². The molecule has 18 heavy (non-hydrogen) atoms. The molecule has 0 aliphatic heterocycles. The van der Waals surface area contributed by atoms with Crippen LogP contribution in [0.4, 0.5) is 0 Å². The summed E-state index contributed by atoms with van der Waals surface area (Å²) in [7, 11) is 0. The molecule has 0 bridgehead atoms. The second-order valence-corrected chi connectivity index (χ2v) is 6.50. The standard InChI is InChI=1S/C14H22N4/c1-13(2,3)12-9-16-17(10-12)11-14(4,5)18-8-6-7-15-18/h6-10H,11H2,1-5H3/p+1. The molecule has 2 aromatic heterocycles. The average Bonchev–Trinajstić information content (AvgIpc) is 2.83. The summed E-state index contributed by atoms with van der Waals surface area (Å²) in [5.74, 6) is 0. The summed E-state index contributed by atoms with van der Waals surface area (Å²) >= 11 is 0. The molecule has 0 unspecified atom stereocenters. The van der Waals surface area contributed by atoms with Gasteiger partial charge in [-0.25, -0.2) is 0 Å². The van der Waals surface area contributed by atoms with Crippen LogP contribution in [-0.2, 0) is 17.5 Å². The molecule has 0 spiro atoms. The molecule has 1 N–H and O–H groups in total. The van der Waals surface area contributed by atoms with Gasteiger partial charge in [0.05, 0.1) is 6.20 Å². The van der Waals surface area contributed by atoms with Gasteiger partial charge in [-0.05, 0) is 25.3 Å². The fourth-order valence-electron chi connectivity index (χ4n) is 2.01. The summed E-state index contributed by atoms with van der Waals surface area (Å²) in [4.78, 5) is 0. The molecule has 0 aliphatic carbocycles. The van der Waals surface area contributed by atoms with Gasteiger partial charge in [0.2, 0.25) is 0 Å². The Bertz CT molecular complexity index is 500. The number of hydrogen-bond donors (Lipinski definition) is 1. The monoisotopic (exact) mass is 247 g/mol. The summed E-state index contributed by atoms with van der Waals surface area (Å²) < 4.78 is 4.12. The minimum absolute atomic E-state index is 0.0474. The maximum absolute atomic E-state index is 4.33. The van der Waals surface area contributed by atoms with Crippen molar-refractivity contribution < 1.29 is 4.68 Å². The van der Waals surface area contributed by atoms with Crippen molar-refractivity contribution in [2.45, 2.75) is 52.1 Å². The van der Waals surface area contributed by atoms with E-state index in [1.165, 1.54) is 5.56 Å². The number of aromatic nitrogens is 4. The Morgan fingerprint density at radius 3 is 2.50 bits per heavy atom. The van der Waals surface area contributed by atoms with Crippen molar-refractivity contribution in [3.63, 3.8) is 0 Å². The number of hydrogen-bond acceptors (Lipinski definition) is 1. The van der Waals surface area contributed by atoms with Crippen molar-refractivity contribution >= 4 is 0 Å². The summed E-state index contributed by atoms with van der Waals surface area (Å²) in [6.45, 7) is 11.9. The van der Waals surface area contributed by atoms with Gasteiger partial charge in [-0.1, -0.05) is 20.8 Å². The lowest BCUT2D eigenvalue weighted by Gasteiger charge is -2.20. The zero-order valence-corrected chi connectivity index (χ0v) is 11.9. The smallest absolute Gasteiger partial charge is 0.199 e. The van der Waals surface area contributed by atoms with Crippen LogP contribution in [0.3, 0.4) is 0 Å². The van der Waals surface area contributed by atoms with E-state index in [1.54, 1.807) is 0 Å². The highest BCUT2D eigenvalue weighted by molar-refractivity contribution is 5.11. The summed E-state index contributed by atoms with van der Waals surface area (Å²) in [5, 5.41) is 7.64. The number of nitrogens with one attached hydrogen (secondary N) is 1. The summed E-state index contributed by atoms with van der Waals surface area (Å²) in [6, 6.07) is 1.96. The van der Waals surface area contributed by atoms with Crippen LogP contribution in [0.5, 0.6) is 0 Å². The van der Waals surface area contributed by atoms with Gasteiger partial charge in [-0.3, -0.25) is 4.68 Å². The molecule has 4 nitrogen and oxygen atoms in total. The third-order valence-corrected chi connectivity index (χ3v) is 3.23. The minimum atomic E-state index is -0.0474. The van der Waals surface area contributed by atoms with Gasteiger partial charge in [0.1, 0.15) is 5.54 Å². The van der Waals surface area contributed by atoms with Gasteiger partial charge in [0, 0.05) is 18.0 Å². The van der Waals surface area contributed by atoms with Gasteiger partial charge in [0.15, 0.2) is 12.7 Å². The van der Waals surface area contributed by atoms with Crippen LogP contribution in [0.25, 0.3) is 0 Å². The van der Waals surface area contributed by atoms with E-state index in [-0.39, 0.29) is 11.0 Å². The van der Waals surface area contributed by atoms with Crippen molar-refractivity contribution in [3.05, 3.63) is 36.4 Å². The number of aromatic amines is 1. The quantitative estimate of drug-likeness (QED) is 0.830. The second kappa shape index (κ2) is 4.26. The van der Waals surface area contributed by atoms with E-state index >= 15 is 0 Å². The fourth-order valence-corrected chi connectivity index (χ4v) is 2.01. The predicted molar refractivity (Wildman–Crippen MR) is 71.2 cm³/mol. The van der Waals surface area contributed by atoms with E-state index in [4.69, 9.17) is 0 Å². The van der Waals surface area contributed by atoms with Crippen LogP contribution in [0.15, 0.2) is 30.9 Å². The van der Waals surface area contributed by atoms with Crippen molar-refractivity contribution in [1.29, 1.82) is 0 Å². The van der Waals surface area contributed by atoms with Gasteiger partial charge < -0.3 is 0 Å². The molecule has 2 aromatic rings. The Morgan fingerprint density at radius 1 is 1.28 bits per heavy atom. The average molecular weight is 247 g/mol. The number of H-pyrrole nitrogens is 1. The Morgan fingerprint density at radius 2 is 2.00 bits per heavy atom. The van der Waals surface area contributed by atoms with Crippen LogP contribution in [-0.4, -0.2) is 14.9 Å². The lowest BCUT2D eigenvalue weighted by atomic mass is 9.90. The Labute approximate surface area is 109 Å². The molecule has 0 saturated carbocycles. The first-order valence-corrected chi connectivity index (χ1v) is 6.37. The highest BCUT2D eigenvalue weighted by Crippen LogP contribution is 2.20. The van der Waals surface area contributed by atoms with Gasteiger partial charge in [0.25, 0.3) is 0 Å². The van der Waals surface area contributed by atoms with Crippen molar-refractivity contribution in [3.8, 4) is 0 Å². The Hall–Kier alpha value is -1.58. The molecule has 4 heteroatoms. The molecule has 2 rings (SSSR count). The molecule has 0 aliphatic rings. The lowest BCUT2D eigenvalue weighted by Crippen LogP contribution is -2.47. The highest BCUT2D eigenvalue weighted by Gasteiger charge is 2.28. The summed E-state index contributed by atoms with van der Waals surface area (Å²) in [6.07, 6.45) is 8.10. The molecule has 0 radical (unpaired) electrons. The molecule has 2 heterocycles.